The first-order valence-corrected chi connectivity index (χ1v) is 9.55. The Morgan fingerprint density at radius 3 is 2.79 bits per heavy atom. The summed E-state index contributed by atoms with van der Waals surface area (Å²) >= 11 is 7.32. The minimum Gasteiger partial charge on any atom is -0.476 e. The molecule has 0 atom stereocenters. The molecule has 24 heavy (non-hydrogen) atoms. The molecule has 4 rings (SSSR count). The molecule has 2 aliphatic rings. The normalized spacial score (nSPS) is 18.5. The van der Waals surface area contributed by atoms with E-state index in [1.807, 2.05) is 6.26 Å². The molecular formula is C15H17ClFN5OS. The Balaban J connectivity index is 2.02. The van der Waals surface area contributed by atoms with Crippen molar-refractivity contribution < 1.29 is 9.13 Å². The van der Waals surface area contributed by atoms with Crippen LogP contribution in [0.25, 0.3) is 10.9 Å². The molecule has 0 amide bonds. The van der Waals surface area contributed by atoms with Gasteiger partial charge in [0.15, 0.2) is 21.9 Å². The van der Waals surface area contributed by atoms with Crippen molar-refractivity contribution in [1.29, 1.82) is 0 Å². The van der Waals surface area contributed by atoms with Crippen LogP contribution in [0, 0.1) is 5.82 Å². The van der Waals surface area contributed by atoms with Gasteiger partial charge in [-0.05, 0) is 19.1 Å². The van der Waals surface area contributed by atoms with E-state index in [9.17, 15) is 4.39 Å². The number of hydrogen-bond acceptors (Lipinski definition) is 7. The monoisotopic (exact) mass is 369 g/mol. The van der Waals surface area contributed by atoms with Gasteiger partial charge in [0, 0.05) is 13.1 Å². The van der Waals surface area contributed by atoms with E-state index in [-0.39, 0.29) is 10.7 Å². The molecule has 2 aromatic heterocycles. The Kier molecular flexibility index (Phi) is 4.36. The second kappa shape index (κ2) is 6.50. The maximum absolute atomic E-state index is 14.6. The third-order valence-corrected chi connectivity index (χ3v) is 5.11. The number of rotatable bonds is 1. The quantitative estimate of drug-likeness (QED) is 0.435. The molecule has 1 saturated heterocycles. The Morgan fingerprint density at radius 2 is 1.96 bits per heavy atom. The number of pyridine rings is 1. The largest absolute Gasteiger partial charge is 0.476 e. The van der Waals surface area contributed by atoms with Crippen LogP contribution in [0.3, 0.4) is 0 Å². The first kappa shape index (κ1) is 16.1. The van der Waals surface area contributed by atoms with Crippen LogP contribution in [0.4, 0.5) is 10.2 Å². The number of nitrogens with zero attached hydrogens (tertiary/aromatic N) is 5. The van der Waals surface area contributed by atoms with Crippen molar-refractivity contribution in [3.8, 4) is 5.88 Å². The third-order valence-electron chi connectivity index (χ3n) is 4.31. The van der Waals surface area contributed by atoms with Crippen molar-refractivity contribution in [3.63, 3.8) is 0 Å². The number of halogens is 2. The summed E-state index contributed by atoms with van der Waals surface area (Å²) in [6.45, 7) is 2.96. The number of anilines is 1. The van der Waals surface area contributed by atoms with Crippen LogP contribution in [0.5, 0.6) is 5.88 Å². The van der Waals surface area contributed by atoms with Gasteiger partial charge in [-0.1, -0.05) is 29.8 Å². The average molecular weight is 370 g/mol. The number of hydrazine groups is 1. The second-order valence-electron chi connectivity index (χ2n) is 5.77. The van der Waals surface area contributed by atoms with E-state index in [1.165, 1.54) is 11.8 Å². The summed E-state index contributed by atoms with van der Waals surface area (Å²) in [6.07, 6.45) is 5.23. The third kappa shape index (κ3) is 2.66. The topological polar surface area (TPSA) is 54.4 Å². The lowest BCUT2D eigenvalue weighted by Gasteiger charge is -2.36. The Labute approximate surface area is 148 Å². The molecule has 0 unspecified atom stereocenters. The highest BCUT2D eigenvalue weighted by molar-refractivity contribution is 7.98. The lowest BCUT2D eigenvalue weighted by Crippen LogP contribution is -2.46. The minimum atomic E-state index is -0.625. The first-order valence-electron chi connectivity index (χ1n) is 7.95. The van der Waals surface area contributed by atoms with Crippen molar-refractivity contribution in [3.05, 3.63) is 11.0 Å². The highest BCUT2D eigenvalue weighted by atomic mass is 35.5. The predicted molar refractivity (Wildman–Crippen MR) is 92.3 cm³/mol. The summed E-state index contributed by atoms with van der Waals surface area (Å²) in [6, 6.07) is 0. The summed E-state index contributed by atoms with van der Waals surface area (Å²) in [4.78, 5) is 13.1. The molecule has 1 fully saturated rings. The van der Waals surface area contributed by atoms with Crippen LogP contribution < -0.4 is 9.75 Å². The fraction of sp³-hybridized carbons (Fsp3) is 0.533. The molecule has 2 aliphatic heterocycles. The van der Waals surface area contributed by atoms with Crippen LogP contribution in [-0.4, -0.2) is 52.5 Å². The number of ether oxygens (including phenoxy) is 1. The molecule has 4 heterocycles. The van der Waals surface area contributed by atoms with Crippen LogP contribution >= 0.6 is 23.4 Å². The zero-order valence-electron chi connectivity index (χ0n) is 13.3. The van der Waals surface area contributed by atoms with Crippen molar-refractivity contribution >= 4 is 40.1 Å². The van der Waals surface area contributed by atoms with Gasteiger partial charge in [0.1, 0.15) is 17.5 Å². The highest BCUT2D eigenvalue weighted by Crippen LogP contribution is 2.38. The van der Waals surface area contributed by atoms with Gasteiger partial charge in [-0.15, -0.1) is 0 Å². The van der Waals surface area contributed by atoms with E-state index in [0.717, 1.165) is 38.9 Å². The lowest BCUT2D eigenvalue weighted by atomic mass is 10.2. The van der Waals surface area contributed by atoms with Gasteiger partial charge < -0.3 is 4.74 Å². The molecule has 0 aliphatic carbocycles. The van der Waals surface area contributed by atoms with Crippen molar-refractivity contribution in [2.24, 2.45) is 0 Å². The smallest absolute Gasteiger partial charge is 0.228 e. The van der Waals surface area contributed by atoms with E-state index in [1.54, 1.807) is 0 Å². The summed E-state index contributed by atoms with van der Waals surface area (Å²) in [5, 5.41) is 5.16. The van der Waals surface area contributed by atoms with Crippen LogP contribution in [0.2, 0.25) is 5.15 Å². The van der Waals surface area contributed by atoms with E-state index in [2.05, 4.69) is 25.0 Å². The molecule has 0 radical (unpaired) electrons. The number of hydrogen-bond donors (Lipinski definition) is 0. The van der Waals surface area contributed by atoms with Crippen LogP contribution in [-0.2, 0) is 0 Å². The van der Waals surface area contributed by atoms with E-state index < -0.39 is 5.82 Å². The number of fused-ring (bicyclic) bond motifs is 2. The van der Waals surface area contributed by atoms with Gasteiger partial charge in [-0.2, -0.15) is 4.98 Å². The van der Waals surface area contributed by atoms with Gasteiger partial charge in [-0.25, -0.2) is 19.4 Å². The molecule has 0 aromatic carbocycles. The molecule has 0 saturated carbocycles. The molecule has 2 aromatic rings. The predicted octanol–water partition coefficient (Wildman–Crippen LogP) is 3.14. The molecular weight excluding hydrogens is 353 g/mol. The van der Waals surface area contributed by atoms with E-state index in [0.29, 0.717) is 28.8 Å². The molecule has 9 heteroatoms. The number of aromatic nitrogens is 3. The molecule has 128 valence electrons. The number of thioether (sulfide) groups is 1. The zero-order chi connectivity index (χ0) is 16.7. The van der Waals surface area contributed by atoms with E-state index >= 15 is 0 Å². The van der Waals surface area contributed by atoms with Gasteiger partial charge in [0.2, 0.25) is 5.88 Å². The van der Waals surface area contributed by atoms with Crippen molar-refractivity contribution in [1.82, 2.24) is 20.0 Å². The molecule has 0 N–H and O–H groups in total. The van der Waals surface area contributed by atoms with Crippen LogP contribution in [0.15, 0.2) is 5.16 Å². The lowest BCUT2D eigenvalue weighted by molar-refractivity contribution is 0.192. The fourth-order valence-electron chi connectivity index (χ4n) is 3.17. The average Bonchev–Trinajstić information content (AvgIpc) is 2.82. The summed E-state index contributed by atoms with van der Waals surface area (Å²) in [7, 11) is 0. The molecule has 6 nitrogen and oxygen atoms in total. The molecule has 0 bridgehead atoms. The Bertz CT molecular complexity index is 792. The Hall–Kier alpha value is -1.38. The van der Waals surface area contributed by atoms with E-state index in [4.69, 9.17) is 16.3 Å². The summed E-state index contributed by atoms with van der Waals surface area (Å²) in [5.41, 5.74) is 0.172. The maximum atomic E-state index is 14.6. The molecule has 0 spiro atoms. The Morgan fingerprint density at radius 1 is 1.12 bits per heavy atom. The van der Waals surface area contributed by atoms with Gasteiger partial charge in [0.05, 0.1) is 6.54 Å². The van der Waals surface area contributed by atoms with Crippen molar-refractivity contribution in [2.75, 3.05) is 37.5 Å². The fourth-order valence-corrected chi connectivity index (χ4v) is 3.70. The van der Waals surface area contributed by atoms with Crippen LogP contribution in [0.1, 0.15) is 19.3 Å². The van der Waals surface area contributed by atoms with Crippen molar-refractivity contribution in [2.45, 2.75) is 24.4 Å². The highest BCUT2D eigenvalue weighted by Gasteiger charge is 2.29. The second-order valence-corrected chi connectivity index (χ2v) is 6.90. The minimum absolute atomic E-state index is 0.172. The van der Waals surface area contributed by atoms with Gasteiger partial charge in [0.25, 0.3) is 0 Å². The summed E-state index contributed by atoms with van der Waals surface area (Å²) < 4.78 is 20.4. The SMILES string of the molecule is CSc1nc2c3c(nc(Cl)c(F)c3n1)OCCN1CCCCCN21. The van der Waals surface area contributed by atoms with Gasteiger partial charge >= 0.3 is 0 Å². The summed E-state index contributed by atoms with van der Waals surface area (Å²) in [5.74, 6) is 0.340. The maximum Gasteiger partial charge on any atom is 0.228 e. The van der Waals surface area contributed by atoms with Gasteiger partial charge in [-0.3, -0.25) is 5.01 Å². The standard InChI is InChI=1S/C15H17ClFN5OS/c1-24-15-18-11-9-13(20-15)22-6-4-2-3-5-21(22)7-8-23-14(9)19-12(16)10(11)17/h2-8H2,1H3. The first-order chi connectivity index (χ1) is 11.7. The zero-order valence-corrected chi connectivity index (χ0v) is 14.8.